The van der Waals surface area contributed by atoms with Gasteiger partial charge in [-0.2, -0.15) is 0 Å². The van der Waals surface area contributed by atoms with E-state index in [2.05, 4.69) is 19.2 Å². The van der Waals surface area contributed by atoms with Crippen LogP contribution in [0, 0.1) is 23.6 Å². The number of hydrogen-bond acceptors (Lipinski definition) is 1. The fraction of sp³-hybridized carbons (Fsp3) is 0.667. The first-order valence-electron chi connectivity index (χ1n) is 8.12. The van der Waals surface area contributed by atoms with Crippen molar-refractivity contribution in [1.29, 1.82) is 0 Å². The van der Waals surface area contributed by atoms with Gasteiger partial charge in [-0.15, -0.1) is 0 Å². The Morgan fingerprint density at radius 2 is 1.81 bits per heavy atom. The molecule has 2 rings (SSSR count). The normalized spacial score (nSPS) is 24.3. The summed E-state index contributed by atoms with van der Waals surface area (Å²) in [4.78, 5) is 0. The molecule has 1 fully saturated rings. The highest BCUT2D eigenvalue weighted by molar-refractivity contribution is 6.31. The van der Waals surface area contributed by atoms with Crippen LogP contribution in [0.25, 0.3) is 0 Å². The summed E-state index contributed by atoms with van der Waals surface area (Å²) in [5.41, 5.74) is 0.919. The zero-order valence-electron chi connectivity index (χ0n) is 13.3. The van der Waals surface area contributed by atoms with Crippen LogP contribution < -0.4 is 5.32 Å². The van der Waals surface area contributed by atoms with E-state index < -0.39 is 0 Å². The molecule has 1 saturated carbocycles. The van der Waals surface area contributed by atoms with Crippen LogP contribution in [-0.4, -0.2) is 13.1 Å². The maximum atomic E-state index is 13.4. The van der Waals surface area contributed by atoms with Crippen LogP contribution in [0.3, 0.4) is 0 Å². The van der Waals surface area contributed by atoms with Crippen molar-refractivity contribution >= 4 is 11.6 Å². The van der Waals surface area contributed by atoms with Crippen molar-refractivity contribution in [3.05, 3.63) is 34.6 Å². The van der Waals surface area contributed by atoms with Crippen molar-refractivity contribution in [3.63, 3.8) is 0 Å². The second kappa shape index (κ2) is 7.60. The Kier molecular flexibility index (Phi) is 6.07. The van der Waals surface area contributed by atoms with Gasteiger partial charge in [-0.3, -0.25) is 0 Å². The largest absolute Gasteiger partial charge is 0.316 e. The van der Waals surface area contributed by atoms with Gasteiger partial charge in [-0.05, 0) is 80.7 Å². The van der Waals surface area contributed by atoms with E-state index in [1.807, 2.05) is 7.05 Å². The van der Waals surface area contributed by atoms with Crippen molar-refractivity contribution in [2.45, 2.75) is 52.0 Å². The summed E-state index contributed by atoms with van der Waals surface area (Å²) in [6.07, 6.45) is 5.97. The molecule has 1 aromatic carbocycles. The Balaban J connectivity index is 1.99. The fourth-order valence-electron chi connectivity index (χ4n) is 3.66. The molecule has 0 radical (unpaired) electrons. The maximum absolute atomic E-state index is 13.4. The molecule has 0 amide bonds. The average Bonchev–Trinajstić information content (AvgIpc) is 2.48. The lowest BCUT2D eigenvalue weighted by Gasteiger charge is -2.35. The highest BCUT2D eigenvalue weighted by atomic mass is 35.5. The molecule has 0 aliphatic heterocycles. The van der Waals surface area contributed by atoms with Gasteiger partial charge in [-0.1, -0.05) is 25.4 Å². The van der Waals surface area contributed by atoms with E-state index in [9.17, 15) is 4.39 Å². The van der Waals surface area contributed by atoms with E-state index in [1.54, 1.807) is 12.1 Å². The van der Waals surface area contributed by atoms with Crippen molar-refractivity contribution in [2.24, 2.45) is 17.8 Å². The number of benzene rings is 1. The molecule has 1 N–H and O–H groups in total. The van der Waals surface area contributed by atoms with Crippen LogP contribution in [-0.2, 0) is 6.42 Å². The molecule has 0 heterocycles. The molecule has 118 valence electrons. The number of likely N-dealkylation sites (N-methyl/N-ethyl adjacent to an activating group) is 1. The van der Waals surface area contributed by atoms with Gasteiger partial charge >= 0.3 is 0 Å². The van der Waals surface area contributed by atoms with Gasteiger partial charge in [0.15, 0.2) is 0 Å². The number of nitrogens with one attached hydrogen (secondary N) is 1. The fourth-order valence-corrected chi connectivity index (χ4v) is 3.85. The first-order valence-corrected chi connectivity index (χ1v) is 8.50. The maximum Gasteiger partial charge on any atom is 0.123 e. The van der Waals surface area contributed by atoms with E-state index in [1.165, 1.54) is 31.7 Å². The highest BCUT2D eigenvalue weighted by Gasteiger charge is 2.28. The Bertz CT molecular complexity index is 453. The van der Waals surface area contributed by atoms with Crippen LogP contribution in [0.4, 0.5) is 4.39 Å². The monoisotopic (exact) mass is 311 g/mol. The molecular formula is C18H27ClFN. The lowest BCUT2D eigenvalue weighted by atomic mass is 9.73. The van der Waals surface area contributed by atoms with Crippen LogP contribution in [0.15, 0.2) is 18.2 Å². The van der Waals surface area contributed by atoms with E-state index in [0.717, 1.165) is 23.8 Å². The predicted molar refractivity (Wildman–Crippen MR) is 88.2 cm³/mol. The average molecular weight is 312 g/mol. The molecule has 1 nitrogen and oxygen atoms in total. The molecule has 1 unspecified atom stereocenters. The van der Waals surface area contributed by atoms with Crippen molar-refractivity contribution in [2.75, 3.05) is 7.05 Å². The number of rotatable bonds is 5. The van der Waals surface area contributed by atoms with Crippen molar-refractivity contribution < 1.29 is 4.39 Å². The first-order chi connectivity index (χ1) is 10.0. The summed E-state index contributed by atoms with van der Waals surface area (Å²) in [6, 6.07) is 5.05. The number of hydrogen-bond donors (Lipinski definition) is 1. The van der Waals surface area contributed by atoms with Gasteiger partial charge in [0.05, 0.1) is 0 Å². The standard InChI is InChI=1S/C18H27ClFN/c1-12(2)13-4-6-14(7-5-13)18(21-3)11-15-10-16(20)8-9-17(15)19/h8-10,12-14,18,21H,4-7,11H2,1-3H3. The molecular weight excluding hydrogens is 285 g/mol. The van der Waals surface area contributed by atoms with Gasteiger partial charge in [0.2, 0.25) is 0 Å². The lowest BCUT2D eigenvalue weighted by molar-refractivity contribution is 0.191. The Morgan fingerprint density at radius 3 is 2.38 bits per heavy atom. The summed E-state index contributed by atoms with van der Waals surface area (Å²) in [5, 5.41) is 4.10. The topological polar surface area (TPSA) is 12.0 Å². The zero-order chi connectivity index (χ0) is 15.4. The van der Waals surface area contributed by atoms with Gasteiger partial charge in [0.25, 0.3) is 0 Å². The predicted octanol–water partition coefficient (Wildman–Crippen LogP) is 5.07. The van der Waals surface area contributed by atoms with Crippen molar-refractivity contribution in [1.82, 2.24) is 5.32 Å². The molecule has 0 bridgehead atoms. The van der Waals surface area contributed by atoms with E-state index in [-0.39, 0.29) is 5.82 Å². The molecule has 1 aliphatic carbocycles. The second-order valence-corrected chi connectivity index (χ2v) is 7.16. The quantitative estimate of drug-likeness (QED) is 0.800. The van der Waals surface area contributed by atoms with Gasteiger partial charge in [0.1, 0.15) is 5.82 Å². The summed E-state index contributed by atoms with van der Waals surface area (Å²) in [7, 11) is 2.01. The first kappa shape index (κ1) is 16.8. The van der Waals surface area contributed by atoms with Gasteiger partial charge in [0, 0.05) is 11.1 Å². The third-order valence-corrected chi connectivity index (χ3v) is 5.52. The van der Waals surface area contributed by atoms with Crippen LogP contribution in [0.1, 0.15) is 45.1 Å². The third-order valence-electron chi connectivity index (χ3n) is 5.15. The minimum atomic E-state index is -0.201. The molecule has 0 saturated heterocycles. The SMILES string of the molecule is CNC(Cc1cc(F)ccc1Cl)C1CCC(C(C)C)CC1. The molecule has 0 spiro atoms. The van der Waals surface area contributed by atoms with Crippen LogP contribution in [0.2, 0.25) is 5.02 Å². The molecule has 1 aliphatic rings. The van der Waals surface area contributed by atoms with Gasteiger partial charge in [-0.25, -0.2) is 4.39 Å². The molecule has 21 heavy (non-hydrogen) atoms. The Morgan fingerprint density at radius 1 is 1.19 bits per heavy atom. The molecule has 3 heteroatoms. The lowest BCUT2D eigenvalue weighted by Crippen LogP contribution is -2.38. The highest BCUT2D eigenvalue weighted by Crippen LogP contribution is 2.35. The van der Waals surface area contributed by atoms with Gasteiger partial charge < -0.3 is 5.32 Å². The minimum absolute atomic E-state index is 0.201. The van der Waals surface area contributed by atoms with Crippen LogP contribution in [0.5, 0.6) is 0 Å². The summed E-state index contributed by atoms with van der Waals surface area (Å²) >= 11 is 6.21. The van der Waals surface area contributed by atoms with Crippen molar-refractivity contribution in [3.8, 4) is 0 Å². The van der Waals surface area contributed by atoms with Crippen LogP contribution >= 0.6 is 11.6 Å². The summed E-state index contributed by atoms with van der Waals surface area (Å²) in [5.74, 6) is 2.13. The van der Waals surface area contributed by atoms with E-state index in [4.69, 9.17) is 11.6 Å². The summed E-state index contributed by atoms with van der Waals surface area (Å²) in [6.45, 7) is 4.65. The number of halogens is 2. The smallest absolute Gasteiger partial charge is 0.123 e. The second-order valence-electron chi connectivity index (χ2n) is 6.75. The molecule has 1 atom stereocenters. The minimum Gasteiger partial charge on any atom is -0.316 e. The van der Waals surface area contributed by atoms with E-state index >= 15 is 0 Å². The summed E-state index contributed by atoms with van der Waals surface area (Å²) < 4.78 is 13.4. The third kappa shape index (κ3) is 4.43. The molecule has 0 aromatic heterocycles. The Hall–Kier alpha value is -0.600. The van der Waals surface area contributed by atoms with E-state index in [0.29, 0.717) is 17.0 Å². The Labute approximate surface area is 133 Å². The molecule has 1 aromatic rings. The zero-order valence-corrected chi connectivity index (χ0v) is 14.1.